The number of pyridine rings is 1. The fraction of sp³-hybridized carbons (Fsp3) is 0.250. The molecule has 0 bridgehead atoms. The molecule has 1 aromatic heterocycles. The fourth-order valence-electron chi connectivity index (χ4n) is 0.773. The van der Waals surface area contributed by atoms with Gasteiger partial charge in [0, 0.05) is 0 Å². The van der Waals surface area contributed by atoms with Crippen molar-refractivity contribution >= 4 is 5.97 Å². The van der Waals surface area contributed by atoms with E-state index in [2.05, 4.69) is 4.98 Å². The zero-order chi connectivity index (χ0) is 10.1. The Hall–Kier alpha value is -1.49. The van der Waals surface area contributed by atoms with E-state index in [4.69, 9.17) is 5.11 Å². The number of aromatic nitrogens is 1. The number of hydrogen-bond donors (Lipinski definition) is 2. The van der Waals surface area contributed by atoms with Gasteiger partial charge in [0.1, 0.15) is 5.82 Å². The van der Waals surface area contributed by atoms with Gasteiger partial charge in [-0.25, -0.2) is 9.18 Å². The van der Waals surface area contributed by atoms with Crippen molar-refractivity contribution in [1.82, 2.24) is 4.98 Å². The van der Waals surface area contributed by atoms with Crippen LogP contribution < -0.4 is 0 Å². The summed E-state index contributed by atoms with van der Waals surface area (Å²) in [7, 11) is 0. The standard InChI is InChI=1S/C8H8FNO3/c1-8(13,7(11)12)6-3-2-5(9)4-10-6/h2-4,13H,1H3,(H,11,12). The van der Waals surface area contributed by atoms with Crippen LogP contribution in [0.2, 0.25) is 0 Å². The van der Waals surface area contributed by atoms with Crippen LogP contribution in [0.3, 0.4) is 0 Å². The van der Waals surface area contributed by atoms with E-state index >= 15 is 0 Å². The summed E-state index contributed by atoms with van der Waals surface area (Å²) in [4.78, 5) is 14.0. The molecule has 0 aliphatic rings. The van der Waals surface area contributed by atoms with Crippen LogP contribution in [0.25, 0.3) is 0 Å². The minimum Gasteiger partial charge on any atom is -0.479 e. The topological polar surface area (TPSA) is 70.4 Å². The number of carboxylic acids is 1. The number of carbonyl (C=O) groups is 1. The first-order chi connectivity index (χ1) is 5.94. The molecule has 0 fully saturated rings. The Balaban J connectivity index is 3.08. The Morgan fingerprint density at radius 2 is 2.23 bits per heavy atom. The molecular weight excluding hydrogens is 177 g/mol. The summed E-state index contributed by atoms with van der Waals surface area (Å²) in [6, 6.07) is 2.17. The summed E-state index contributed by atoms with van der Waals surface area (Å²) in [6.45, 7) is 1.08. The van der Waals surface area contributed by atoms with Gasteiger partial charge in [-0.15, -0.1) is 0 Å². The minimum absolute atomic E-state index is 0.0959. The van der Waals surface area contributed by atoms with Crippen LogP contribution in [0.1, 0.15) is 12.6 Å². The largest absolute Gasteiger partial charge is 0.479 e. The van der Waals surface area contributed by atoms with Crippen molar-refractivity contribution in [3.63, 3.8) is 0 Å². The zero-order valence-electron chi connectivity index (χ0n) is 6.86. The first-order valence-corrected chi connectivity index (χ1v) is 3.52. The molecule has 0 aromatic carbocycles. The predicted molar refractivity (Wildman–Crippen MR) is 41.4 cm³/mol. The van der Waals surface area contributed by atoms with Gasteiger partial charge in [0.2, 0.25) is 5.60 Å². The molecule has 13 heavy (non-hydrogen) atoms. The Morgan fingerprint density at radius 3 is 2.62 bits per heavy atom. The summed E-state index contributed by atoms with van der Waals surface area (Å²) >= 11 is 0. The Kier molecular flexibility index (Phi) is 2.29. The third-order valence-electron chi connectivity index (χ3n) is 1.64. The van der Waals surface area contributed by atoms with Crippen LogP contribution in [0, 0.1) is 5.82 Å². The van der Waals surface area contributed by atoms with E-state index in [1.807, 2.05) is 0 Å². The molecule has 0 saturated heterocycles. The highest BCUT2D eigenvalue weighted by Crippen LogP contribution is 2.17. The molecule has 0 aliphatic carbocycles. The van der Waals surface area contributed by atoms with Crippen molar-refractivity contribution < 1.29 is 19.4 Å². The van der Waals surface area contributed by atoms with E-state index in [0.29, 0.717) is 0 Å². The van der Waals surface area contributed by atoms with Crippen molar-refractivity contribution in [2.45, 2.75) is 12.5 Å². The summed E-state index contributed by atoms with van der Waals surface area (Å²) < 4.78 is 12.4. The van der Waals surface area contributed by atoms with E-state index in [0.717, 1.165) is 25.3 Å². The molecule has 1 aromatic rings. The van der Waals surface area contributed by atoms with Crippen LogP contribution in [0.5, 0.6) is 0 Å². The van der Waals surface area contributed by atoms with Crippen molar-refractivity contribution in [3.05, 3.63) is 29.8 Å². The van der Waals surface area contributed by atoms with E-state index in [1.54, 1.807) is 0 Å². The number of halogens is 1. The third-order valence-corrected chi connectivity index (χ3v) is 1.64. The molecule has 5 heteroatoms. The lowest BCUT2D eigenvalue weighted by Gasteiger charge is -2.16. The number of hydrogen-bond acceptors (Lipinski definition) is 3. The van der Waals surface area contributed by atoms with Gasteiger partial charge in [-0.1, -0.05) is 0 Å². The zero-order valence-corrected chi connectivity index (χ0v) is 6.86. The molecule has 0 amide bonds. The average molecular weight is 185 g/mol. The highest BCUT2D eigenvalue weighted by atomic mass is 19.1. The molecule has 4 nitrogen and oxygen atoms in total. The molecule has 1 unspecified atom stereocenters. The maximum Gasteiger partial charge on any atom is 0.341 e. The van der Waals surface area contributed by atoms with Crippen molar-refractivity contribution in [2.75, 3.05) is 0 Å². The predicted octanol–water partition coefficient (Wildman–Crippen LogP) is 0.513. The molecule has 0 radical (unpaired) electrons. The second-order valence-corrected chi connectivity index (χ2v) is 2.74. The molecule has 1 atom stereocenters. The average Bonchev–Trinajstić information content (AvgIpc) is 2.04. The fourth-order valence-corrected chi connectivity index (χ4v) is 0.773. The molecule has 70 valence electrons. The Morgan fingerprint density at radius 1 is 1.62 bits per heavy atom. The second-order valence-electron chi connectivity index (χ2n) is 2.74. The van der Waals surface area contributed by atoms with Crippen LogP contribution in [0.4, 0.5) is 4.39 Å². The van der Waals surface area contributed by atoms with Gasteiger partial charge in [0.05, 0.1) is 11.9 Å². The summed E-state index contributed by atoms with van der Waals surface area (Å²) in [5, 5.41) is 17.9. The summed E-state index contributed by atoms with van der Waals surface area (Å²) in [5.74, 6) is -2.00. The molecule has 0 spiro atoms. The van der Waals surface area contributed by atoms with Crippen LogP contribution in [-0.4, -0.2) is 21.2 Å². The molecule has 1 heterocycles. The molecule has 0 saturated carbocycles. The number of aliphatic hydroxyl groups is 1. The van der Waals surface area contributed by atoms with Crippen LogP contribution >= 0.6 is 0 Å². The van der Waals surface area contributed by atoms with E-state index in [1.165, 1.54) is 0 Å². The third kappa shape index (κ3) is 1.81. The van der Waals surface area contributed by atoms with Gasteiger partial charge in [0.25, 0.3) is 0 Å². The summed E-state index contributed by atoms with van der Waals surface area (Å²) in [5.41, 5.74) is -2.17. The Labute approximate surface area is 73.7 Å². The highest BCUT2D eigenvalue weighted by Gasteiger charge is 2.33. The lowest BCUT2D eigenvalue weighted by Crippen LogP contribution is -2.32. The monoisotopic (exact) mass is 185 g/mol. The van der Waals surface area contributed by atoms with E-state index in [-0.39, 0.29) is 5.69 Å². The molecule has 1 rings (SSSR count). The lowest BCUT2D eigenvalue weighted by atomic mass is 10.0. The maximum absolute atomic E-state index is 12.4. The van der Waals surface area contributed by atoms with Gasteiger partial charge >= 0.3 is 5.97 Å². The molecule has 2 N–H and O–H groups in total. The first kappa shape index (κ1) is 9.60. The normalized spacial score (nSPS) is 15.0. The second kappa shape index (κ2) is 3.10. The van der Waals surface area contributed by atoms with Gasteiger partial charge in [-0.05, 0) is 19.1 Å². The van der Waals surface area contributed by atoms with Crippen molar-refractivity contribution in [3.8, 4) is 0 Å². The van der Waals surface area contributed by atoms with E-state index < -0.39 is 17.4 Å². The van der Waals surface area contributed by atoms with Gasteiger partial charge < -0.3 is 10.2 Å². The van der Waals surface area contributed by atoms with Crippen molar-refractivity contribution in [1.29, 1.82) is 0 Å². The smallest absolute Gasteiger partial charge is 0.341 e. The maximum atomic E-state index is 12.4. The number of carboxylic acid groups (broad SMARTS) is 1. The Bertz CT molecular complexity index is 321. The molecular formula is C8H8FNO3. The molecule has 0 aliphatic heterocycles. The SMILES string of the molecule is CC(O)(C(=O)O)c1ccc(F)cn1. The number of aliphatic carboxylic acids is 1. The number of nitrogens with zero attached hydrogens (tertiary/aromatic N) is 1. The van der Waals surface area contributed by atoms with Crippen molar-refractivity contribution in [2.24, 2.45) is 0 Å². The van der Waals surface area contributed by atoms with Gasteiger partial charge in [-0.3, -0.25) is 4.98 Å². The van der Waals surface area contributed by atoms with Crippen LogP contribution in [-0.2, 0) is 10.4 Å². The lowest BCUT2D eigenvalue weighted by molar-refractivity contribution is -0.158. The number of rotatable bonds is 2. The quantitative estimate of drug-likeness (QED) is 0.704. The minimum atomic E-state index is -2.08. The highest BCUT2D eigenvalue weighted by molar-refractivity contribution is 5.77. The van der Waals surface area contributed by atoms with Crippen LogP contribution in [0.15, 0.2) is 18.3 Å². The van der Waals surface area contributed by atoms with Gasteiger partial charge in [0.15, 0.2) is 0 Å². The van der Waals surface area contributed by atoms with Gasteiger partial charge in [-0.2, -0.15) is 0 Å². The first-order valence-electron chi connectivity index (χ1n) is 3.52. The summed E-state index contributed by atoms with van der Waals surface area (Å²) in [6.07, 6.45) is 0.854. The van der Waals surface area contributed by atoms with E-state index in [9.17, 15) is 14.3 Å².